The number of rotatable bonds is 5. The average Bonchev–Trinajstić information content (AvgIpc) is 2.20. The molecule has 0 saturated heterocycles. The fourth-order valence-corrected chi connectivity index (χ4v) is 1.51. The van der Waals surface area contributed by atoms with Gasteiger partial charge in [-0.05, 0) is 37.9 Å². The van der Waals surface area contributed by atoms with Crippen LogP contribution in [-0.2, 0) is 6.54 Å². The highest BCUT2D eigenvalue weighted by molar-refractivity contribution is 6.31. The van der Waals surface area contributed by atoms with Gasteiger partial charge in [0.05, 0.1) is 0 Å². The topological polar surface area (TPSA) is 15.3 Å². The Balaban J connectivity index is 2.59. The summed E-state index contributed by atoms with van der Waals surface area (Å²) in [6, 6.07) is 4.45. The lowest BCUT2D eigenvalue weighted by Gasteiger charge is -2.17. The Morgan fingerprint density at radius 1 is 1.47 bits per heavy atom. The van der Waals surface area contributed by atoms with Gasteiger partial charge in [-0.15, -0.1) is 0 Å². The van der Waals surface area contributed by atoms with Gasteiger partial charge in [-0.2, -0.15) is 0 Å². The number of nitrogens with zero attached hydrogens (tertiary/aromatic N) is 1. The first-order chi connectivity index (χ1) is 7.13. The highest BCUT2D eigenvalue weighted by atomic mass is 35.5. The van der Waals surface area contributed by atoms with Gasteiger partial charge in [0.2, 0.25) is 0 Å². The second-order valence-electron chi connectivity index (χ2n) is 3.58. The van der Waals surface area contributed by atoms with E-state index in [-0.39, 0.29) is 5.82 Å². The Kier molecular flexibility index (Phi) is 5.02. The van der Waals surface area contributed by atoms with Crippen molar-refractivity contribution in [2.24, 2.45) is 0 Å². The van der Waals surface area contributed by atoms with Crippen molar-refractivity contribution in [3.63, 3.8) is 0 Å². The van der Waals surface area contributed by atoms with Crippen LogP contribution in [0.1, 0.15) is 5.56 Å². The molecule has 0 aliphatic rings. The summed E-state index contributed by atoms with van der Waals surface area (Å²) in [6.45, 7) is 2.48. The monoisotopic (exact) mass is 230 g/mol. The molecule has 1 rings (SSSR count). The molecule has 0 spiro atoms. The molecule has 0 unspecified atom stereocenters. The summed E-state index contributed by atoms with van der Waals surface area (Å²) in [4.78, 5) is 2.09. The Bertz CT molecular complexity index is 317. The quantitative estimate of drug-likeness (QED) is 0.834. The summed E-state index contributed by atoms with van der Waals surface area (Å²) < 4.78 is 13.0. The molecule has 0 fully saturated rings. The molecule has 0 aromatic heterocycles. The van der Waals surface area contributed by atoms with E-state index in [4.69, 9.17) is 11.6 Å². The molecular formula is C11H16ClFN2. The third-order valence-corrected chi connectivity index (χ3v) is 2.56. The molecule has 15 heavy (non-hydrogen) atoms. The molecule has 0 aliphatic carbocycles. The van der Waals surface area contributed by atoms with E-state index in [1.807, 2.05) is 14.1 Å². The maximum absolute atomic E-state index is 13.0. The van der Waals surface area contributed by atoms with Crippen LogP contribution in [0.15, 0.2) is 18.2 Å². The lowest BCUT2D eigenvalue weighted by molar-refractivity contribution is 0.327. The second-order valence-corrected chi connectivity index (χ2v) is 3.98. The summed E-state index contributed by atoms with van der Waals surface area (Å²) in [5.74, 6) is -0.239. The lowest BCUT2D eigenvalue weighted by atomic mass is 10.2. The van der Waals surface area contributed by atoms with E-state index < -0.39 is 0 Å². The van der Waals surface area contributed by atoms with Crippen LogP contribution < -0.4 is 5.32 Å². The predicted molar refractivity (Wildman–Crippen MR) is 61.7 cm³/mol. The van der Waals surface area contributed by atoms with Gasteiger partial charge in [0.15, 0.2) is 0 Å². The minimum atomic E-state index is -0.239. The summed E-state index contributed by atoms with van der Waals surface area (Å²) >= 11 is 5.97. The molecule has 84 valence electrons. The molecular weight excluding hydrogens is 215 g/mol. The number of hydrogen-bond donors (Lipinski definition) is 1. The van der Waals surface area contributed by atoms with E-state index in [9.17, 15) is 4.39 Å². The molecule has 1 N–H and O–H groups in total. The maximum atomic E-state index is 13.0. The fourth-order valence-electron chi connectivity index (χ4n) is 1.34. The minimum Gasteiger partial charge on any atom is -0.318 e. The van der Waals surface area contributed by atoms with Crippen LogP contribution in [0, 0.1) is 5.82 Å². The Morgan fingerprint density at radius 2 is 2.20 bits per heavy atom. The molecule has 4 heteroatoms. The zero-order valence-corrected chi connectivity index (χ0v) is 9.81. The van der Waals surface area contributed by atoms with Gasteiger partial charge in [-0.1, -0.05) is 11.6 Å². The van der Waals surface area contributed by atoms with E-state index in [0.29, 0.717) is 11.6 Å². The van der Waals surface area contributed by atoms with Crippen LogP contribution in [0.25, 0.3) is 0 Å². The third kappa shape index (κ3) is 4.16. The number of hydrogen-bond acceptors (Lipinski definition) is 2. The van der Waals surface area contributed by atoms with Crippen molar-refractivity contribution in [1.29, 1.82) is 0 Å². The van der Waals surface area contributed by atoms with Crippen LogP contribution in [0.2, 0.25) is 5.02 Å². The van der Waals surface area contributed by atoms with E-state index in [1.54, 1.807) is 6.07 Å². The van der Waals surface area contributed by atoms with Gasteiger partial charge >= 0.3 is 0 Å². The van der Waals surface area contributed by atoms with Gasteiger partial charge < -0.3 is 10.2 Å². The Labute approximate surface area is 95.0 Å². The van der Waals surface area contributed by atoms with Crippen LogP contribution in [0.5, 0.6) is 0 Å². The molecule has 0 atom stereocenters. The standard InChI is InChI=1S/C11H16ClFN2/c1-14-5-6-15(2)8-9-7-10(13)3-4-11(9)12/h3-4,7,14H,5-6,8H2,1-2H3. The van der Waals surface area contributed by atoms with Gasteiger partial charge in [0.1, 0.15) is 5.82 Å². The van der Waals surface area contributed by atoms with Crippen LogP contribution in [0.4, 0.5) is 4.39 Å². The largest absolute Gasteiger partial charge is 0.318 e. The summed E-state index contributed by atoms with van der Waals surface area (Å²) in [7, 11) is 3.89. The molecule has 0 radical (unpaired) electrons. The molecule has 0 saturated carbocycles. The zero-order valence-electron chi connectivity index (χ0n) is 9.06. The van der Waals surface area contributed by atoms with Gasteiger partial charge in [-0.25, -0.2) is 4.39 Å². The summed E-state index contributed by atoms with van der Waals surface area (Å²) in [5, 5.41) is 3.68. The van der Waals surface area contributed by atoms with Crippen molar-refractivity contribution in [2.45, 2.75) is 6.54 Å². The van der Waals surface area contributed by atoms with E-state index in [2.05, 4.69) is 10.2 Å². The fraction of sp³-hybridized carbons (Fsp3) is 0.455. The molecule has 0 amide bonds. The van der Waals surface area contributed by atoms with Crippen LogP contribution in [0.3, 0.4) is 0 Å². The van der Waals surface area contributed by atoms with E-state index >= 15 is 0 Å². The zero-order chi connectivity index (χ0) is 11.3. The van der Waals surface area contributed by atoms with Crippen LogP contribution in [-0.4, -0.2) is 32.1 Å². The average molecular weight is 231 g/mol. The number of likely N-dealkylation sites (N-methyl/N-ethyl adjacent to an activating group) is 2. The summed E-state index contributed by atoms with van der Waals surface area (Å²) in [5.41, 5.74) is 0.829. The van der Waals surface area contributed by atoms with Gasteiger partial charge in [-0.3, -0.25) is 0 Å². The van der Waals surface area contributed by atoms with Crippen molar-refractivity contribution >= 4 is 11.6 Å². The van der Waals surface area contributed by atoms with Crippen molar-refractivity contribution < 1.29 is 4.39 Å². The number of nitrogens with one attached hydrogen (secondary N) is 1. The normalized spacial score (nSPS) is 11.0. The first kappa shape index (κ1) is 12.4. The van der Waals surface area contributed by atoms with Crippen molar-refractivity contribution in [1.82, 2.24) is 10.2 Å². The highest BCUT2D eigenvalue weighted by Gasteiger charge is 2.05. The van der Waals surface area contributed by atoms with E-state index in [1.165, 1.54) is 12.1 Å². The third-order valence-electron chi connectivity index (χ3n) is 2.19. The molecule has 2 nitrogen and oxygen atoms in total. The highest BCUT2D eigenvalue weighted by Crippen LogP contribution is 2.18. The molecule has 0 aliphatic heterocycles. The van der Waals surface area contributed by atoms with E-state index in [0.717, 1.165) is 18.7 Å². The Hall–Kier alpha value is -0.640. The summed E-state index contributed by atoms with van der Waals surface area (Å²) in [6.07, 6.45) is 0. The molecule has 1 aromatic carbocycles. The first-order valence-corrected chi connectivity index (χ1v) is 5.28. The maximum Gasteiger partial charge on any atom is 0.123 e. The smallest absolute Gasteiger partial charge is 0.123 e. The Morgan fingerprint density at radius 3 is 2.87 bits per heavy atom. The lowest BCUT2D eigenvalue weighted by Crippen LogP contribution is -2.27. The number of halogens is 2. The minimum absolute atomic E-state index is 0.239. The predicted octanol–water partition coefficient (Wildman–Crippen LogP) is 2.13. The first-order valence-electron chi connectivity index (χ1n) is 4.90. The number of benzene rings is 1. The van der Waals surface area contributed by atoms with Crippen LogP contribution >= 0.6 is 11.6 Å². The molecule has 1 aromatic rings. The second kappa shape index (κ2) is 6.05. The van der Waals surface area contributed by atoms with Crippen molar-refractivity contribution in [3.05, 3.63) is 34.6 Å². The van der Waals surface area contributed by atoms with Crippen molar-refractivity contribution in [2.75, 3.05) is 27.2 Å². The molecule has 0 bridgehead atoms. The van der Waals surface area contributed by atoms with Gasteiger partial charge in [0, 0.05) is 24.7 Å². The van der Waals surface area contributed by atoms with Gasteiger partial charge in [0.25, 0.3) is 0 Å². The SMILES string of the molecule is CNCCN(C)Cc1cc(F)ccc1Cl. The molecule has 0 heterocycles. The van der Waals surface area contributed by atoms with Crippen molar-refractivity contribution in [3.8, 4) is 0 Å².